The molecule has 2 aliphatic heterocycles. The zero-order chi connectivity index (χ0) is 19.6. The minimum Gasteiger partial charge on any atom is -0.478 e. The molecule has 0 saturated carbocycles. The van der Waals surface area contributed by atoms with E-state index < -0.39 is 16.0 Å². The molecule has 0 radical (unpaired) electrons. The van der Waals surface area contributed by atoms with Crippen LogP contribution in [0.1, 0.15) is 43.0 Å². The van der Waals surface area contributed by atoms with Crippen LogP contribution in [0.3, 0.4) is 0 Å². The van der Waals surface area contributed by atoms with Crippen LogP contribution in [0.2, 0.25) is 0 Å². The monoisotopic (exact) mass is 394 g/mol. The van der Waals surface area contributed by atoms with Gasteiger partial charge in [-0.3, -0.25) is 4.79 Å². The number of likely N-dealkylation sites (tertiary alicyclic amines) is 1. The van der Waals surface area contributed by atoms with Gasteiger partial charge in [-0.15, -0.1) is 0 Å². The fourth-order valence-electron chi connectivity index (χ4n) is 3.91. The fraction of sp³-hybridized carbons (Fsp3) is 0.579. The molecule has 0 bridgehead atoms. The number of aromatic carboxylic acids is 1. The van der Waals surface area contributed by atoms with Crippen molar-refractivity contribution in [1.82, 2.24) is 9.21 Å². The first-order valence-electron chi connectivity index (χ1n) is 9.41. The van der Waals surface area contributed by atoms with E-state index in [1.165, 1.54) is 28.6 Å². The Hall–Kier alpha value is -1.93. The first-order chi connectivity index (χ1) is 12.8. The molecule has 0 aliphatic carbocycles. The summed E-state index contributed by atoms with van der Waals surface area (Å²) in [4.78, 5) is 25.7. The Labute approximate surface area is 160 Å². The summed E-state index contributed by atoms with van der Waals surface area (Å²) in [5.74, 6) is -0.525. The van der Waals surface area contributed by atoms with Gasteiger partial charge in [-0.05, 0) is 55.9 Å². The number of hydrogen-bond donors (Lipinski definition) is 1. The number of carbonyl (C=O) groups excluding carboxylic acids is 1. The highest BCUT2D eigenvalue weighted by molar-refractivity contribution is 7.89. The summed E-state index contributed by atoms with van der Waals surface area (Å²) in [6.45, 7) is 4.38. The standard InChI is InChI=1S/C19H26N2O5S/c1-14-3-2-10-20(13-14)18(22)15-8-11-21(12-9-15)27(25,26)17-6-4-16(5-7-17)19(23)24/h4-7,14-15H,2-3,8-13H2,1H3,(H,23,24). The van der Waals surface area contributed by atoms with Gasteiger partial charge in [0, 0.05) is 32.1 Å². The minimum absolute atomic E-state index is 0.0500. The molecule has 7 nitrogen and oxygen atoms in total. The predicted molar refractivity (Wildman–Crippen MR) is 99.9 cm³/mol. The van der Waals surface area contributed by atoms with Gasteiger partial charge in [0.1, 0.15) is 0 Å². The smallest absolute Gasteiger partial charge is 0.335 e. The van der Waals surface area contributed by atoms with E-state index in [0.29, 0.717) is 31.8 Å². The SMILES string of the molecule is CC1CCCN(C(=O)C2CCN(S(=O)(=O)c3ccc(C(=O)O)cc3)CC2)C1. The van der Waals surface area contributed by atoms with Gasteiger partial charge < -0.3 is 10.0 Å². The molecule has 2 heterocycles. The van der Waals surface area contributed by atoms with Crippen molar-refractivity contribution in [3.05, 3.63) is 29.8 Å². The molecule has 27 heavy (non-hydrogen) atoms. The number of hydrogen-bond acceptors (Lipinski definition) is 4. The molecule has 1 amide bonds. The molecule has 0 aromatic heterocycles. The highest BCUT2D eigenvalue weighted by atomic mass is 32.2. The van der Waals surface area contributed by atoms with Gasteiger partial charge in [0.25, 0.3) is 0 Å². The van der Waals surface area contributed by atoms with Gasteiger partial charge in [0.2, 0.25) is 15.9 Å². The number of amides is 1. The van der Waals surface area contributed by atoms with Crippen LogP contribution in [0, 0.1) is 11.8 Å². The molecule has 3 rings (SSSR count). The molecule has 2 fully saturated rings. The Balaban J connectivity index is 1.62. The number of nitrogens with zero attached hydrogens (tertiary/aromatic N) is 2. The summed E-state index contributed by atoms with van der Waals surface area (Å²) in [5.41, 5.74) is 0.0500. The average molecular weight is 394 g/mol. The number of sulfonamides is 1. The summed E-state index contributed by atoms with van der Waals surface area (Å²) >= 11 is 0. The van der Waals surface area contributed by atoms with Crippen LogP contribution in [0.5, 0.6) is 0 Å². The second kappa shape index (κ2) is 7.98. The quantitative estimate of drug-likeness (QED) is 0.843. The minimum atomic E-state index is -3.67. The first kappa shape index (κ1) is 19.8. The Morgan fingerprint density at radius 2 is 1.67 bits per heavy atom. The van der Waals surface area contributed by atoms with Gasteiger partial charge in [-0.2, -0.15) is 4.31 Å². The molecule has 2 saturated heterocycles. The van der Waals surface area contributed by atoms with Crippen LogP contribution in [0.15, 0.2) is 29.2 Å². The summed E-state index contributed by atoms with van der Waals surface area (Å²) in [6.07, 6.45) is 3.24. The fourth-order valence-corrected chi connectivity index (χ4v) is 5.38. The normalized spacial score (nSPS) is 22.6. The third kappa shape index (κ3) is 4.32. The molecule has 1 unspecified atom stereocenters. The topological polar surface area (TPSA) is 95.0 Å². The van der Waals surface area contributed by atoms with E-state index in [2.05, 4.69) is 6.92 Å². The van der Waals surface area contributed by atoms with Crippen molar-refractivity contribution in [2.24, 2.45) is 11.8 Å². The van der Waals surface area contributed by atoms with E-state index in [0.717, 1.165) is 25.9 Å². The number of carboxylic acid groups (broad SMARTS) is 1. The van der Waals surface area contributed by atoms with Crippen molar-refractivity contribution in [3.8, 4) is 0 Å². The Morgan fingerprint density at radius 3 is 2.22 bits per heavy atom. The number of carbonyl (C=O) groups is 2. The van der Waals surface area contributed by atoms with Gasteiger partial charge in [-0.1, -0.05) is 6.92 Å². The highest BCUT2D eigenvalue weighted by Gasteiger charge is 2.34. The summed E-state index contributed by atoms with van der Waals surface area (Å²) in [7, 11) is -3.67. The van der Waals surface area contributed by atoms with Gasteiger partial charge in [0.15, 0.2) is 0 Å². The lowest BCUT2D eigenvalue weighted by Gasteiger charge is -2.36. The van der Waals surface area contributed by atoms with Crippen LogP contribution >= 0.6 is 0 Å². The van der Waals surface area contributed by atoms with Crippen molar-refractivity contribution in [2.75, 3.05) is 26.2 Å². The van der Waals surface area contributed by atoms with E-state index in [1.807, 2.05) is 4.90 Å². The lowest BCUT2D eigenvalue weighted by molar-refractivity contribution is -0.138. The first-order valence-corrected chi connectivity index (χ1v) is 10.9. The van der Waals surface area contributed by atoms with Crippen molar-refractivity contribution in [1.29, 1.82) is 0 Å². The van der Waals surface area contributed by atoms with Gasteiger partial charge in [-0.25, -0.2) is 13.2 Å². The lowest BCUT2D eigenvalue weighted by Crippen LogP contribution is -2.46. The largest absolute Gasteiger partial charge is 0.478 e. The molecule has 1 aromatic rings. The van der Waals surface area contributed by atoms with Crippen LogP contribution in [0.4, 0.5) is 0 Å². The van der Waals surface area contributed by atoms with E-state index in [4.69, 9.17) is 5.11 Å². The van der Waals surface area contributed by atoms with Gasteiger partial charge >= 0.3 is 5.97 Å². The maximum Gasteiger partial charge on any atom is 0.335 e. The molecule has 8 heteroatoms. The number of benzene rings is 1. The van der Waals surface area contributed by atoms with Crippen LogP contribution in [-0.2, 0) is 14.8 Å². The van der Waals surface area contributed by atoms with Crippen LogP contribution < -0.4 is 0 Å². The van der Waals surface area contributed by atoms with Crippen LogP contribution in [0.25, 0.3) is 0 Å². The summed E-state index contributed by atoms with van der Waals surface area (Å²) in [5, 5.41) is 8.94. The van der Waals surface area contributed by atoms with E-state index in [9.17, 15) is 18.0 Å². The Kier molecular flexibility index (Phi) is 5.86. The molecule has 0 spiro atoms. The maximum atomic E-state index is 12.8. The van der Waals surface area contributed by atoms with Crippen molar-refractivity contribution < 1.29 is 23.1 Å². The lowest BCUT2D eigenvalue weighted by atomic mass is 9.93. The third-order valence-corrected chi connectivity index (χ3v) is 7.42. The Morgan fingerprint density at radius 1 is 1.04 bits per heavy atom. The number of rotatable bonds is 4. The zero-order valence-corrected chi connectivity index (χ0v) is 16.3. The summed E-state index contributed by atoms with van der Waals surface area (Å²) in [6, 6.07) is 5.24. The second-order valence-electron chi connectivity index (χ2n) is 7.54. The number of carboxylic acids is 1. The molecular formula is C19H26N2O5S. The maximum absolute atomic E-state index is 12.8. The Bertz CT molecular complexity index is 798. The molecule has 1 atom stereocenters. The molecule has 1 aromatic carbocycles. The predicted octanol–water partition coefficient (Wildman–Crippen LogP) is 2.04. The van der Waals surface area contributed by atoms with Crippen molar-refractivity contribution in [2.45, 2.75) is 37.5 Å². The van der Waals surface area contributed by atoms with E-state index in [1.54, 1.807) is 0 Å². The molecule has 2 aliphatic rings. The number of piperidine rings is 2. The van der Waals surface area contributed by atoms with Crippen molar-refractivity contribution >= 4 is 21.9 Å². The van der Waals surface area contributed by atoms with Crippen LogP contribution in [-0.4, -0.2) is 60.8 Å². The molecular weight excluding hydrogens is 368 g/mol. The average Bonchev–Trinajstić information content (AvgIpc) is 2.67. The van der Waals surface area contributed by atoms with E-state index in [-0.39, 0.29) is 22.3 Å². The molecule has 148 valence electrons. The zero-order valence-electron chi connectivity index (χ0n) is 15.5. The van der Waals surface area contributed by atoms with E-state index >= 15 is 0 Å². The van der Waals surface area contributed by atoms with Gasteiger partial charge in [0.05, 0.1) is 10.5 Å². The van der Waals surface area contributed by atoms with Crippen molar-refractivity contribution in [3.63, 3.8) is 0 Å². The highest BCUT2D eigenvalue weighted by Crippen LogP contribution is 2.27. The molecule has 1 N–H and O–H groups in total. The third-order valence-electron chi connectivity index (χ3n) is 5.51. The second-order valence-corrected chi connectivity index (χ2v) is 9.48. The summed E-state index contributed by atoms with van der Waals surface area (Å²) < 4.78 is 26.9.